The zero-order chi connectivity index (χ0) is 12.3. The van der Waals surface area contributed by atoms with E-state index in [2.05, 4.69) is 9.97 Å². The molecule has 90 valence electrons. The van der Waals surface area contributed by atoms with Gasteiger partial charge in [-0.2, -0.15) is 9.97 Å². The molecule has 5 heteroatoms. The first-order valence-electron chi connectivity index (χ1n) is 5.32. The van der Waals surface area contributed by atoms with Crippen LogP contribution in [-0.4, -0.2) is 34.9 Å². The number of para-hydroxylation sites is 1. The molecule has 1 aromatic carbocycles. The van der Waals surface area contributed by atoms with E-state index >= 15 is 0 Å². The van der Waals surface area contributed by atoms with Crippen molar-refractivity contribution in [2.45, 2.75) is 13.0 Å². The predicted molar refractivity (Wildman–Crippen MR) is 63.2 cm³/mol. The highest BCUT2D eigenvalue weighted by Crippen LogP contribution is 2.23. The number of hydrogen-bond acceptors (Lipinski definition) is 5. The van der Waals surface area contributed by atoms with Gasteiger partial charge in [-0.05, 0) is 19.1 Å². The number of nitrogens with zero attached hydrogens (tertiary/aromatic N) is 2. The second kappa shape index (κ2) is 4.97. The summed E-state index contributed by atoms with van der Waals surface area (Å²) < 4.78 is 10.4. The van der Waals surface area contributed by atoms with E-state index in [0.29, 0.717) is 17.5 Å². The molecule has 0 aliphatic heterocycles. The van der Waals surface area contributed by atoms with Crippen molar-refractivity contribution in [2.75, 3.05) is 13.7 Å². The van der Waals surface area contributed by atoms with Crippen LogP contribution in [0, 0.1) is 0 Å². The topological polar surface area (TPSA) is 64.5 Å². The first-order chi connectivity index (χ1) is 8.20. The van der Waals surface area contributed by atoms with Crippen LogP contribution in [0.25, 0.3) is 10.9 Å². The summed E-state index contributed by atoms with van der Waals surface area (Å²) in [6, 6.07) is 7.37. The van der Waals surface area contributed by atoms with Crippen LogP contribution in [0.5, 0.6) is 11.9 Å². The third-order valence-electron chi connectivity index (χ3n) is 2.41. The van der Waals surface area contributed by atoms with Gasteiger partial charge in [0.2, 0.25) is 5.88 Å². The lowest BCUT2D eigenvalue weighted by molar-refractivity contribution is 0.0679. The van der Waals surface area contributed by atoms with Crippen molar-refractivity contribution in [3.8, 4) is 11.9 Å². The zero-order valence-electron chi connectivity index (χ0n) is 9.75. The van der Waals surface area contributed by atoms with Crippen LogP contribution in [0.3, 0.4) is 0 Å². The lowest BCUT2D eigenvalue weighted by Crippen LogP contribution is -2.16. The molecule has 0 saturated heterocycles. The molecular formula is C12H14N2O3. The van der Waals surface area contributed by atoms with Crippen molar-refractivity contribution in [2.24, 2.45) is 0 Å². The molecule has 17 heavy (non-hydrogen) atoms. The monoisotopic (exact) mass is 234 g/mol. The van der Waals surface area contributed by atoms with E-state index in [1.165, 1.54) is 0 Å². The molecule has 0 unspecified atom stereocenters. The Morgan fingerprint density at radius 3 is 2.82 bits per heavy atom. The maximum Gasteiger partial charge on any atom is 0.320 e. The van der Waals surface area contributed by atoms with Gasteiger partial charge in [0.1, 0.15) is 6.61 Å². The van der Waals surface area contributed by atoms with Gasteiger partial charge in [0.05, 0.1) is 17.0 Å². The Labute approximate surface area is 99.0 Å². The normalized spacial score (nSPS) is 12.6. The van der Waals surface area contributed by atoms with Gasteiger partial charge in [0.25, 0.3) is 0 Å². The molecule has 1 aromatic heterocycles. The molecule has 0 bridgehead atoms. The van der Waals surface area contributed by atoms with E-state index in [-0.39, 0.29) is 18.0 Å². The van der Waals surface area contributed by atoms with E-state index in [1.54, 1.807) is 19.2 Å². The summed E-state index contributed by atoms with van der Waals surface area (Å²) in [5, 5.41) is 10.3. The molecule has 0 spiro atoms. The summed E-state index contributed by atoms with van der Waals surface area (Å²) in [5.74, 6) is -0.0735. The first kappa shape index (κ1) is 11.6. The Kier molecular flexibility index (Phi) is 3.39. The van der Waals surface area contributed by atoms with Gasteiger partial charge in [-0.15, -0.1) is 0 Å². The second-order valence-electron chi connectivity index (χ2n) is 3.70. The summed E-state index contributed by atoms with van der Waals surface area (Å²) in [6.07, 6.45) is -0.0489. The maximum atomic E-state index is 9.71. The number of aromatic nitrogens is 2. The summed E-state index contributed by atoms with van der Waals surface area (Å²) in [5.41, 5.74) is 0.653. The average Bonchev–Trinajstić information content (AvgIpc) is 2.36. The fraction of sp³-hybridized carbons (Fsp3) is 0.333. The van der Waals surface area contributed by atoms with Crippen molar-refractivity contribution < 1.29 is 14.6 Å². The Balaban J connectivity index is 2.24. The van der Waals surface area contributed by atoms with E-state index in [0.717, 1.165) is 0 Å². The largest absolute Gasteiger partial charge is 0.493 e. The van der Waals surface area contributed by atoms with Gasteiger partial charge in [-0.1, -0.05) is 12.1 Å². The maximum absolute atomic E-state index is 9.71. The molecule has 0 aliphatic carbocycles. The standard InChI is InChI=1S/C12H14N2O3/c1-8(16-2)7-17-12-13-10-6-4-3-5-9(10)11(15)14-12/h3-6,8H,7H2,1-2H3,(H,13,14,15)/t8-/m0/s1. The molecule has 0 aliphatic rings. The predicted octanol–water partition coefficient (Wildman–Crippen LogP) is 1.75. The quantitative estimate of drug-likeness (QED) is 0.873. The number of rotatable bonds is 4. The number of hydrogen-bond donors (Lipinski definition) is 1. The molecule has 0 saturated carbocycles. The van der Waals surface area contributed by atoms with Crippen LogP contribution in [0.2, 0.25) is 0 Å². The summed E-state index contributed by atoms with van der Waals surface area (Å²) in [6.45, 7) is 2.22. The molecule has 1 N–H and O–H groups in total. The fourth-order valence-electron chi connectivity index (χ4n) is 1.36. The van der Waals surface area contributed by atoms with E-state index in [4.69, 9.17) is 9.47 Å². The van der Waals surface area contributed by atoms with Crippen molar-refractivity contribution in [3.63, 3.8) is 0 Å². The second-order valence-corrected chi connectivity index (χ2v) is 3.70. The van der Waals surface area contributed by atoms with Crippen molar-refractivity contribution in [3.05, 3.63) is 24.3 Å². The van der Waals surface area contributed by atoms with Crippen molar-refractivity contribution in [1.29, 1.82) is 0 Å². The number of aromatic hydroxyl groups is 1. The van der Waals surface area contributed by atoms with Crippen molar-refractivity contribution >= 4 is 10.9 Å². The van der Waals surface area contributed by atoms with Crippen LogP contribution in [0.4, 0.5) is 0 Å². The average molecular weight is 234 g/mol. The van der Waals surface area contributed by atoms with Crippen LogP contribution >= 0.6 is 0 Å². The van der Waals surface area contributed by atoms with Gasteiger partial charge in [-0.25, -0.2) is 0 Å². The van der Waals surface area contributed by atoms with Crippen LogP contribution in [0.15, 0.2) is 24.3 Å². The fourth-order valence-corrected chi connectivity index (χ4v) is 1.36. The Morgan fingerprint density at radius 1 is 1.29 bits per heavy atom. The number of benzene rings is 1. The Morgan fingerprint density at radius 2 is 2.06 bits per heavy atom. The Bertz CT molecular complexity index is 516. The lowest BCUT2D eigenvalue weighted by atomic mass is 10.2. The van der Waals surface area contributed by atoms with Gasteiger partial charge >= 0.3 is 6.01 Å². The molecule has 1 heterocycles. The SMILES string of the molecule is CO[C@@H](C)COc1nc(O)c2ccccc2n1. The first-order valence-corrected chi connectivity index (χ1v) is 5.32. The minimum absolute atomic E-state index is 0.0489. The van der Waals surface area contributed by atoms with Gasteiger partial charge in [0.15, 0.2) is 0 Å². The summed E-state index contributed by atoms with van der Waals surface area (Å²) >= 11 is 0. The lowest BCUT2D eigenvalue weighted by Gasteiger charge is -2.10. The molecular weight excluding hydrogens is 220 g/mol. The highest BCUT2D eigenvalue weighted by molar-refractivity contribution is 5.83. The van der Waals surface area contributed by atoms with Crippen molar-refractivity contribution in [1.82, 2.24) is 9.97 Å². The summed E-state index contributed by atoms with van der Waals surface area (Å²) in [7, 11) is 1.60. The third kappa shape index (κ3) is 2.62. The minimum atomic E-state index is -0.0735. The molecule has 0 amide bonds. The number of methoxy groups -OCH3 is 1. The van der Waals surface area contributed by atoms with Gasteiger partial charge < -0.3 is 14.6 Å². The number of fused-ring (bicyclic) bond motifs is 1. The Hall–Kier alpha value is -1.88. The number of ether oxygens (including phenoxy) is 2. The van der Waals surface area contributed by atoms with Crippen LogP contribution < -0.4 is 4.74 Å². The van der Waals surface area contributed by atoms with Gasteiger partial charge in [-0.3, -0.25) is 0 Å². The van der Waals surface area contributed by atoms with E-state index in [9.17, 15) is 5.11 Å². The minimum Gasteiger partial charge on any atom is -0.493 e. The summed E-state index contributed by atoms with van der Waals surface area (Å²) in [4.78, 5) is 8.07. The highest BCUT2D eigenvalue weighted by atomic mass is 16.5. The molecule has 5 nitrogen and oxygen atoms in total. The molecule has 2 rings (SSSR count). The van der Waals surface area contributed by atoms with E-state index < -0.39 is 0 Å². The van der Waals surface area contributed by atoms with Gasteiger partial charge in [0, 0.05) is 7.11 Å². The molecule has 1 atom stereocenters. The smallest absolute Gasteiger partial charge is 0.320 e. The molecule has 0 fully saturated rings. The van der Waals surface area contributed by atoms with E-state index in [1.807, 2.05) is 19.1 Å². The van der Waals surface area contributed by atoms with Crippen LogP contribution in [0.1, 0.15) is 6.92 Å². The third-order valence-corrected chi connectivity index (χ3v) is 2.41. The van der Waals surface area contributed by atoms with Crippen LogP contribution in [-0.2, 0) is 4.74 Å². The zero-order valence-corrected chi connectivity index (χ0v) is 9.75. The highest BCUT2D eigenvalue weighted by Gasteiger charge is 2.08. The molecule has 2 aromatic rings. The molecule has 0 radical (unpaired) electrons.